The molecule has 0 spiro atoms. The van der Waals surface area contributed by atoms with Crippen LogP contribution in [0, 0.1) is 5.92 Å². The van der Waals surface area contributed by atoms with Crippen molar-refractivity contribution in [3.63, 3.8) is 0 Å². The quantitative estimate of drug-likeness (QED) is 0.822. The molecule has 1 atom stereocenters. The standard InChI is InChI=1S/C19H29N3O3S/c1-16(15-21-9-3-2-4-10-21)14-20-19(23)17-7-5-8-18(13-17)22-11-6-12-26(22,24)25/h5,7-8,13,16H,2-4,6,9-12,14-15H2,1H3,(H,20,23). The average Bonchev–Trinajstić information content (AvgIpc) is 3.00. The van der Waals surface area contributed by atoms with Gasteiger partial charge in [-0.25, -0.2) is 8.42 Å². The maximum Gasteiger partial charge on any atom is 0.251 e. The zero-order valence-electron chi connectivity index (χ0n) is 15.5. The van der Waals surface area contributed by atoms with Crippen LogP contribution in [0.4, 0.5) is 5.69 Å². The third kappa shape index (κ3) is 4.76. The van der Waals surface area contributed by atoms with Gasteiger partial charge in [-0.05, 0) is 56.5 Å². The summed E-state index contributed by atoms with van der Waals surface area (Å²) in [4.78, 5) is 14.9. The van der Waals surface area contributed by atoms with Crippen molar-refractivity contribution in [1.82, 2.24) is 10.2 Å². The Kier molecular flexibility index (Phi) is 6.19. The fraction of sp³-hybridized carbons (Fsp3) is 0.632. The van der Waals surface area contributed by atoms with Crippen LogP contribution >= 0.6 is 0 Å². The normalized spacial score (nSPS) is 21.5. The third-order valence-corrected chi connectivity index (χ3v) is 6.99. The van der Waals surface area contributed by atoms with Gasteiger partial charge in [0.2, 0.25) is 10.0 Å². The number of likely N-dealkylation sites (tertiary alicyclic amines) is 1. The Morgan fingerprint density at radius 3 is 2.62 bits per heavy atom. The molecule has 2 fully saturated rings. The topological polar surface area (TPSA) is 69.7 Å². The molecule has 0 bridgehead atoms. The molecule has 0 aromatic heterocycles. The van der Waals surface area contributed by atoms with Crippen LogP contribution in [0.2, 0.25) is 0 Å². The number of anilines is 1. The van der Waals surface area contributed by atoms with Crippen LogP contribution in [0.5, 0.6) is 0 Å². The molecule has 2 saturated heterocycles. The maximum atomic E-state index is 12.5. The first-order valence-corrected chi connectivity index (χ1v) is 11.2. The van der Waals surface area contributed by atoms with Crippen molar-refractivity contribution < 1.29 is 13.2 Å². The van der Waals surface area contributed by atoms with Crippen molar-refractivity contribution in [3.8, 4) is 0 Å². The second kappa shape index (κ2) is 8.39. The van der Waals surface area contributed by atoms with E-state index in [1.54, 1.807) is 24.3 Å². The first-order chi connectivity index (χ1) is 12.5. The summed E-state index contributed by atoms with van der Waals surface area (Å²) in [6, 6.07) is 6.90. The molecule has 3 rings (SSSR count). The summed E-state index contributed by atoms with van der Waals surface area (Å²) in [5, 5.41) is 2.99. The molecule has 1 aromatic carbocycles. The molecule has 2 aliphatic rings. The first-order valence-electron chi connectivity index (χ1n) is 9.57. The minimum Gasteiger partial charge on any atom is -0.352 e. The van der Waals surface area contributed by atoms with Crippen LogP contribution in [0.1, 0.15) is 43.0 Å². The van der Waals surface area contributed by atoms with E-state index in [1.807, 2.05) is 0 Å². The molecule has 0 aliphatic carbocycles. The third-order valence-electron chi connectivity index (χ3n) is 5.13. The summed E-state index contributed by atoms with van der Waals surface area (Å²) in [5.41, 5.74) is 1.09. The van der Waals surface area contributed by atoms with E-state index in [1.165, 1.54) is 23.6 Å². The Balaban J connectivity index is 1.55. The number of sulfonamides is 1. The SMILES string of the molecule is CC(CNC(=O)c1cccc(N2CCCS2(=O)=O)c1)CN1CCCCC1. The number of carbonyl (C=O) groups is 1. The van der Waals surface area contributed by atoms with Crippen molar-refractivity contribution in [2.24, 2.45) is 5.92 Å². The lowest BCUT2D eigenvalue weighted by atomic mass is 10.1. The smallest absolute Gasteiger partial charge is 0.251 e. The number of amides is 1. The summed E-state index contributed by atoms with van der Waals surface area (Å²) in [5.74, 6) is 0.422. The molecule has 1 amide bonds. The van der Waals surface area contributed by atoms with Gasteiger partial charge in [-0.1, -0.05) is 19.4 Å². The number of piperidine rings is 1. The van der Waals surface area contributed by atoms with Gasteiger partial charge in [0.25, 0.3) is 5.91 Å². The van der Waals surface area contributed by atoms with Gasteiger partial charge in [0.1, 0.15) is 0 Å². The van der Waals surface area contributed by atoms with Gasteiger partial charge in [-0.2, -0.15) is 0 Å². The van der Waals surface area contributed by atoms with Gasteiger partial charge in [0, 0.05) is 25.2 Å². The van der Waals surface area contributed by atoms with Crippen LogP contribution in [0.25, 0.3) is 0 Å². The zero-order valence-corrected chi connectivity index (χ0v) is 16.3. The van der Waals surface area contributed by atoms with E-state index in [-0.39, 0.29) is 11.7 Å². The van der Waals surface area contributed by atoms with Crippen molar-refractivity contribution >= 4 is 21.6 Å². The lowest BCUT2D eigenvalue weighted by molar-refractivity contribution is 0.0942. The lowest BCUT2D eigenvalue weighted by Crippen LogP contribution is -2.38. The van der Waals surface area contributed by atoms with E-state index >= 15 is 0 Å². The highest BCUT2D eigenvalue weighted by Crippen LogP contribution is 2.24. The summed E-state index contributed by atoms with van der Waals surface area (Å²) in [6.45, 7) is 6.59. The van der Waals surface area contributed by atoms with E-state index < -0.39 is 10.0 Å². The fourth-order valence-electron chi connectivity index (χ4n) is 3.75. The molecule has 6 nitrogen and oxygen atoms in total. The van der Waals surface area contributed by atoms with Gasteiger partial charge < -0.3 is 10.2 Å². The second-order valence-electron chi connectivity index (χ2n) is 7.47. The molecule has 1 aromatic rings. The molecule has 2 heterocycles. The van der Waals surface area contributed by atoms with E-state index in [9.17, 15) is 13.2 Å². The van der Waals surface area contributed by atoms with E-state index in [0.717, 1.165) is 19.6 Å². The van der Waals surface area contributed by atoms with E-state index in [4.69, 9.17) is 0 Å². The number of hydrogen-bond donors (Lipinski definition) is 1. The van der Waals surface area contributed by atoms with Gasteiger partial charge >= 0.3 is 0 Å². The van der Waals surface area contributed by atoms with Crippen molar-refractivity contribution in [1.29, 1.82) is 0 Å². The first kappa shape index (κ1) is 19.2. The molecule has 2 aliphatic heterocycles. The van der Waals surface area contributed by atoms with Gasteiger partial charge in [0.15, 0.2) is 0 Å². The Morgan fingerprint density at radius 1 is 1.15 bits per heavy atom. The predicted octanol–water partition coefficient (Wildman–Crippen LogP) is 2.08. The number of nitrogens with one attached hydrogen (secondary N) is 1. The minimum atomic E-state index is -3.23. The largest absolute Gasteiger partial charge is 0.352 e. The van der Waals surface area contributed by atoms with Gasteiger partial charge in [-0.15, -0.1) is 0 Å². The number of rotatable bonds is 6. The highest BCUT2D eigenvalue weighted by Gasteiger charge is 2.28. The van der Waals surface area contributed by atoms with Crippen LogP contribution in [-0.2, 0) is 10.0 Å². The average molecular weight is 380 g/mol. The van der Waals surface area contributed by atoms with Crippen molar-refractivity contribution in [3.05, 3.63) is 29.8 Å². The Hall–Kier alpha value is -1.60. The number of carbonyl (C=O) groups excluding carboxylic acids is 1. The van der Waals surface area contributed by atoms with Gasteiger partial charge in [0.05, 0.1) is 11.4 Å². The Morgan fingerprint density at radius 2 is 1.92 bits per heavy atom. The highest BCUT2D eigenvalue weighted by atomic mass is 32.2. The molecule has 1 unspecified atom stereocenters. The van der Waals surface area contributed by atoms with Crippen LogP contribution in [-0.4, -0.2) is 57.7 Å². The van der Waals surface area contributed by atoms with Crippen LogP contribution < -0.4 is 9.62 Å². The number of benzene rings is 1. The second-order valence-corrected chi connectivity index (χ2v) is 9.48. The van der Waals surface area contributed by atoms with Crippen LogP contribution in [0.3, 0.4) is 0 Å². The lowest BCUT2D eigenvalue weighted by Gasteiger charge is -2.29. The molecule has 0 radical (unpaired) electrons. The monoisotopic (exact) mass is 379 g/mol. The van der Waals surface area contributed by atoms with Gasteiger partial charge in [-0.3, -0.25) is 9.10 Å². The fourth-order valence-corrected chi connectivity index (χ4v) is 5.30. The number of nitrogens with zero attached hydrogens (tertiary/aromatic N) is 2. The van der Waals surface area contributed by atoms with Crippen LogP contribution in [0.15, 0.2) is 24.3 Å². The summed E-state index contributed by atoms with van der Waals surface area (Å²) in [7, 11) is -3.23. The van der Waals surface area contributed by atoms with E-state index in [0.29, 0.717) is 36.7 Å². The predicted molar refractivity (Wildman–Crippen MR) is 104 cm³/mol. The van der Waals surface area contributed by atoms with E-state index in [2.05, 4.69) is 17.1 Å². The zero-order chi connectivity index (χ0) is 18.6. The molecule has 144 valence electrons. The van der Waals surface area contributed by atoms with Crippen molar-refractivity contribution in [2.45, 2.75) is 32.6 Å². The number of hydrogen-bond acceptors (Lipinski definition) is 4. The summed E-state index contributed by atoms with van der Waals surface area (Å²) >= 11 is 0. The minimum absolute atomic E-state index is 0.145. The van der Waals surface area contributed by atoms with Crippen molar-refractivity contribution in [2.75, 3.05) is 42.8 Å². The Labute approximate surface area is 156 Å². The molecular formula is C19H29N3O3S. The maximum absolute atomic E-state index is 12.5. The molecule has 0 saturated carbocycles. The molecular weight excluding hydrogens is 350 g/mol. The summed E-state index contributed by atoms with van der Waals surface area (Å²) < 4.78 is 25.5. The Bertz CT molecular complexity index is 729. The summed E-state index contributed by atoms with van der Waals surface area (Å²) in [6.07, 6.45) is 4.49. The highest BCUT2D eigenvalue weighted by molar-refractivity contribution is 7.93. The molecule has 7 heteroatoms. The molecule has 26 heavy (non-hydrogen) atoms. The molecule has 1 N–H and O–H groups in total.